The van der Waals surface area contributed by atoms with Gasteiger partial charge in [0.05, 0.1) is 11.1 Å². The number of carboxylic acid groups (broad SMARTS) is 1. The van der Waals surface area contributed by atoms with Gasteiger partial charge in [0, 0.05) is 11.8 Å². The van der Waals surface area contributed by atoms with Crippen molar-refractivity contribution in [2.24, 2.45) is 9.98 Å². The molecule has 0 saturated heterocycles. The first kappa shape index (κ1) is 15.5. The molecule has 0 aromatic heterocycles. The third-order valence-corrected chi connectivity index (χ3v) is 2.25. The number of hydrogen-bond donors (Lipinski definition) is 1. The van der Waals surface area contributed by atoms with Gasteiger partial charge in [0.2, 0.25) is 0 Å². The normalized spacial score (nSPS) is 12.1. The van der Waals surface area contributed by atoms with Gasteiger partial charge in [0.1, 0.15) is 5.82 Å². The number of benzene rings is 1. The van der Waals surface area contributed by atoms with Crippen molar-refractivity contribution in [3.8, 4) is 0 Å². The van der Waals surface area contributed by atoms with E-state index in [4.69, 9.17) is 5.11 Å². The highest BCUT2D eigenvalue weighted by Crippen LogP contribution is 2.34. The van der Waals surface area contributed by atoms with Gasteiger partial charge in [0.15, 0.2) is 5.84 Å². The van der Waals surface area contributed by atoms with Crippen molar-refractivity contribution in [3.05, 3.63) is 47.4 Å². The minimum absolute atomic E-state index is 0.0859. The van der Waals surface area contributed by atoms with E-state index in [-0.39, 0.29) is 6.07 Å². The molecule has 0 bridgehead atoms. The quantitative estimate of drug-likeness (QED) is 0.527. The molecule has 0 radical (unpaired) electrons. The summed E-state index contributed by atoms with van der Waals surface area (Å²) < 4.78 is 51.9. The number of rotatable bonds is 3. The van der Waals surface area contributed by atoms with E-state index in [1.165, 1.54) is 0 Å². The lowest BCUT2D eigenvalue weighted by Gasteiger charge is -2.13. The van der Waals surface area contributed by atoms with E-state index in [9.17, 15) is 22.4 Å². The van der Waals surface area contributed by atoms with Crippen molar-refractivity contribution in [3.63, 3.8) is 0 Å². The summed E-state index contributed by atoms with van der Waals surface area (Å²) in [6.45, 7) is 6.23. The van der Waals surface area contributed by atoms with Crippen LogP contribution in [0.1, 0.15) is 21.5 Å². The van der Waals surface area contributed by atoms with Crippen molar-refractivity contribution in [2.45, 2.75) is 6.18 Å². The Balaban J connectivity index is 3.73. The Morgan fingerprint density at radius 3 is 2.30 bits per heavy atom. The molecular weight excluding hydrogens is 280 g/mol. The predicted octanol–water partition coefficient (Wildman–Crippen LogP) is 3.13. The Morgan fingerprint density at radius 2 is 1.90 bits per heavy atom. The van der Waals surface area contributed by atoms with Crippen LogP contribution in [0.2, 0.25) is 0 Å². The molecule has 1 N–H and O–H groups in total. The van der Waals surface area contributed by atoms with Crippen molar-refractivity contribution in [1.82, 2.24) is 0 Å². The van der Waals surface area contributed by atoms with Crippen LogP contribution in [0.15, 0.2) is 34.9 Å². The van der Waals surface area contributed by atoms with Gasteiger partial charge >= 0.3 is 12.1 Å². The minimum Gasteiger partial charge on any atom is -0.478 e. The van der Waals surface area contributed by atoms with Crippen LogP contribution in [0.5, 0.6) is 0 Å². The fourth-order valence-electron chi connectivity index (χ4n) is 1.44. The van der Waals surface area contributed by atoms with Crippen LogP contribution in [-0.4, -0.2) is 23.6 Å². The van der Waals surface area contributed by atoms with Crippen LogP contribution in [0.3, 0.4) is 0 Å². The summed E-state index contributed by atoms with van der Waals surface area (Å²) in [4.78, 5) is 17.5. The zero-order valence-corrected chi connectivity index (χ0v) is 9.91. The van der Waals surface area contributed by atoms with Crippen molar-refractivity contribution < 1.29 is 27.5 Å². The third kappa shape index (κ3) is 3.08. The highest BCUT2D eigenvalue weighted by molar-refractivity contribution is 6.04. The molecule has 1 aromatic carbocycles. The first-order valence-corrected chi connectivity index (χ1v) is 5.02. The molecule has 0 spiro atoms. The Bertz CT molecular complexity index is 606. The summed E-state index contributed by atoms with van der Waals surface area (Å²) in [6.07, 6.45) is -3.99. The number of hydrogen-bond acceptors (Lipinski definition) is 2. The van der Waals surface area contributed by atoms with Gasteiger partial charge in [-0.3, -0.25) is 0 Å². The van der Waals surface area contributed by atoms with Crippen LogP contribution in [0.25, 0.3) is 0 Å². The molecule has 106 valence electrons. The number of aliphatic imine (C=N–C) groups is 2. The second-order valence-corrected chi connectivity index (χ2v) is 3.47. The molecule has 4 nitrogen and oxygen atoms in total. The lowest BCUT2D eigenvalue weighted by Crippen LogP contribution is -2.15. The molecule has 0 heterocycles. The number of amidine groups is 1. The Kier molecular flexibility index (Phi) is 4.38. The van der Waals surface area contributed by atoms with E-state index in [0.29, 0.717) is 6.07 Å². The standard InChI is InChI=1S/C12H8F4N2O2/c1-3-18-10(17-2)6-4-7(11(19)20)9(13)5-8(6)12(14,15)16/h3-5H,1-2H2,(H,19,20). The number of aromatic carboxylic acids is 1. The second-order valence-electron chi connectivity index (χ2n) is 3.47. The fraction of sp³-hybridized carbons (Fsp3) is 0.0833. The first-order chi connectivity index (χ1) is 9.22. The summed E-state index contributed by atoms with van der Waals surface area (Å²) in [5, 5.41) is 8.74. The molecule has 0 amide bonds. The summed E-state index contributed by atoms with van der Waals surface area (Å²) in [5.74, 6) is -3.72. The maximum Gasteiger partial charge on any atom is 0.417 e. The SMILES string of the molecule is C=CN=C(N=C)c1cc(C(=O)O)c(F)cc1C(F)(F)F. The van der Waals surface area contributed by atoms with Gasteiger partial charge in [-0.25, -0.2) is 19.2 Å². The summed E-state index contributed by atoms with van der Waals surface area (Å²) in [6, 6.07) is 0.597. The van der Waals surface area contributed by atoms with Crippen molar-refractivity contribution in [1.29, 1.82) is 0 Å². The Hall–Kier alpha value is -2.51. The van der Waals surface area contributed by atoms with Crippen molar-refractivity contribution in [2.75, 3.05) is 0 Å². The minimum atomic E-state index is -4.90. The molecule has 0 aliphatic carbocycles. The monoisotopic (exact) mass is 288 g/mol. The number of nitrogens with zero attached hydrogens (tertiary/aromatic N) is 2. The van der Waals surface area contributed by atoms with Crippen LogP contribution < -0.4 is 0 Å². The second kappa shape index (κ2) is 5.64. The molecule has 0 atom stereocenters. The number of carboxylic acids is 1. The van der Waals surface area contributed by atoms with Gasteiger partial charge in [-0.05, 0) is 18.9 Å². The zero-order valence-electron chi connectivity index (χ0n) is 9.91. The highest BCUT2D eigenvalue weighted by atomic mass is 19.4. The molecule has 8 heteroatoms. The van der Waals surface area contributed by atoms with Crippen LogP contribution in [0.4, 0.5) is 17.6 Å². The highest BCUT2D eigenvalue weighted by Gasteiger charge is 2.36. The smallest absolute Gasteiger partial charge is 0.417 e. The molecule has 0 aliphatic heterocycles. The first-order valence-electron chi connectivity index (χ1n) is 5.02. The third-order valence-electron chi connectivity index (χ3n) is 2.25. The maximum absolute atomic E-state index is 13.4. The van der Waals surface area contributed by atoms with E-state index in [1.54, 1.807) is 0 Å². The number of halogens is 4. The molecule has 20 heavy (non-hydrogen) atoms. The summed E-state index contributed by atoms with van der Waals surface area (Å²) >= 11 is 0. The summed E-state index contributed by atoms with van der Waals surface area (Å²) in [5.41, 5.74) is -3.01. The van der Waals surface area contributed by atoms with Crippen LogP contribution >= 0.6 is 0 Å². The number of alkyl halides is 3. The Morgan fingerprint density at radius 1 is 1.30 bits per heavy atom. The van der Waals surface area contributed by atoms with Gasteiger partial charge in [0.25, 0.3) is 0 Å². The van der Waals surface area contributed by atoms with Gasteiger partial charge < -0.3 is 5.11 Å². The van der Waals surface area contributed by atoms with E-state index in [2.05, 4.69) is 23.3 Å². The molecule has 0 saturated carbocycles. The van der Waals surface area contributed by atoms with Crippen LogP contribution in [0, 0.1) is 5.82 Å². The lowest BCUT2D eigenvalue weighted by molar-refractivity contribution is -0.137. The maximum atomic E-state index is 13.4. The van der Waals surface area contributed by atoms with Gasteiger partial charge in [-0.1, -0.05) is 6.58 Å². The fourth-order valence-corrected chi connectivity index (χ4v) is 1.44. The van der Waals surface area contributed by atoms with E-state index < -0.39 is 40.5 Å². The molecular formula is C12H8F4N2O2. The molecule has 0 aliphatic rings. The van der Waals surface area contributed by atoms with E-state index in [1.807, 2.05) is 0 Å². The lowest BCUT2D eigenvalue weighted by atomic mass is 10.0. The van der Waals surface area contributed by atoms with Crippen molar-refractivity contribution >= 4 is 18.5 Å². The van der Waals surface area contributed by atoms with E-state index >= 15 is 0 Å². The predicted molar refractivity (Wildman–Crippen MR) is 64.6 cm³/mol. The zero-order chi connectivity index (χ0) is 15.5. The molecule has 0 unspecified atom stereocenters. The molecule has 0 fully saturated rings. The van der Waals surface area contributed by atoms with Gasteiger partial charge in [-0.15, -0.1) is 0 Å². The Labute approximate surface area is 110 Å². The topological polar surface area (TPSA) is 62.0 Å². The average Bonchev–Trinajstić information content (AvgIpc) is 2.34. The summed E-state index contributed by atoms with van der Waals surface area (Å²) in [7, 11) is 0. The molecule has 1 rings (SSSR count). The van der Waals surface area contributed by atoms with Gasteiger partial charge in [-0.2, -0.15) is 13.2 Å². The van der Waals surface area contributed by atoms with Crippen LogP contribution in [-0.2, 0) is 6.18 Å². The van der Waals surface area contributed by atoms with E-state index in [0.717, 1.165) is 6.20 Å². The number of carbonyl (C=O) groups is 1. The molecule has 1 aromatic rings. The largest absolute Gasteiger partial charge is 0.478 e. The average molecular weight is 288 g/mol.